The van der Waals surface area contributed by atoms with Gasteiger partial charge in [-0.05, 0) is 18.6 Å². The molecule has 1 saturated heterocycles. The molecular weight excluding hydrogens is 372 g/mol. The van der Waals surface area contributed by atoms with Gasteiger partial charge in [0.25, 0.3) is 5.69 Å². The molecule has 2 N–H and O–H groups in total. The molecule has 0 spiro atoms. The number of anilines is 1. The van der Waals surface area contributed by atoms with E-state index in [1.807, 2.05) is 25.1 Å². The molecule has 1 amide bonds. The molecule has 8 nitrogen and oxygen atoms in total. The van der Waals surface area contributed by atoms with Gasteiger partial charge in [0.1, 0.15) is 0 Å². The fraction of sp³-hybridized carbons (Fsp3) is 0.381. The number of ether oxygens (including phenoxy) is 1. The van der Waals surface area contributed by atoms with Crippen molar-refractivity contribution in [1.82, 2.24) is 10.2 Å². The first kappa shape index (κ1) is 20.8. The molecular formula is C21H26N4O4. The zero-order valence-electron chi connectivity index (χ0n) is 16.4. The molecule has 8 heteroatoms. The monoisotopic (exact) mass is 398 g/mol. The first-order valence-corrected chi connectivity index (χ1v) is 9.69. The molecule has 2 aromatic rings. The van der Waals surface area contributed by atoms with Gasteiger partial charge in [-0.1, -0.05) is 36.4 Å². The summed E-state index contributed by atoms with van der Waals surface area (Å²) < 4.78 is 5.47. The van der Waals surface area contributed by atoms with Crippen LogP contribution in [0.4, 0.5) is 11.4 Å². The van der Waals surface area contributed by atoms with E-state index in [1.54, 1.807) is 12.1 Å². The van der Waals surface area contributed by atoms with Crippen molar-refractivity contribution < 1.29 is 14.5 Å². The maximum absolute atomic E-state index is 12.5. The largest absolute Gasteiger partial charge is 0.379 e. The van der Waals surface area contributed by atoms with Gasteiger partial charge >= 0.3 is 0 Å². The summed E-state index contributed by atoms with van der Waals surface area (Å²) in [6.45, 7) is 5.02. The maximum Gasteiger partial charge on any atom is 0.271 e. The van der Waals surface area contributed by atoms with Crippen LogP contribution in [0.5, 0.6) is 0 Å². The molecule has 29 heavy (non-hydrogen) atoms. The van der Waals surface area contributed by atoms with Gasteiger partial charge in [-0.3, -0.25) is 19.8 Å². The van der Waals surface area contributed by atoms with Crippen LogP contribution in [0.1, 0.15) is 18.5 Å². The van der Waals surface area contributed by atoms with Crippen molar-refractivity contribution in [2.24, 2.45) is 0 Å². The second-order valence-corrected chi connectivity index (χ2v) is 7.02. The van der Waals surface area contributed by atoms with E-state index in [9.17, 15) is 14.9 Å². The number of hydrogen-bond donors (Lipinski definition) is 2. The van der Waals surface area contributed by atoms with Crippen LogP contribution in [0.25, 0.3) is 0 Å². The number of nitrogens with one attached hydrogen (secondary N) is 2. The van der Waals surface area contributed by atoms with Gasteiger partial charge in [0.2, 0.25) is 5.91 Å². The van der Waals surface area contributed by atoms with E-state index in [-0.39, 0.29) is 30.2 Å². The fourth-order valence-corrected chi connectivity index (χ4v) is 3.62. The summed E-state index contributed by atoms with van der Waals surface area (Å²) in [5, 5.41) is 16.9. The summed E-state index contributed by atoms with van der Waals surface area (Å²) >= 11 is 0. The number of benzene rings is 2. The molecule has 0 saturated carbocycles. The summed E-state index contributed by atoms with van der Waals surface area (Å²) in [6, 6.07) is 16.2. The Hall–Kier alpha value is -2.97. The number of hydrogen-bond acceptors (Lipinski definition) is 6. The van der Waals surface area contributed by atoms with Crippen molar-refractivity contribution >= 4 is 17.3 Å². The van der Waals surface area contributed by atoms with E-state index < -0.39 is 4.92 Å². The van der Waals surface area contributed by atoms with Gasteiger partial charge in [0.05, 0.1) is 30.7 Å². The molecule has 2 atom stereocenters. The Labute approximate surface area is 170 Å². The molecule has 1 aliphatic heterocycles. The average molecular weight is 398 g/mol. The number of non-ortho nitro benzene ring substituents is 1. The van der Waals surface area contributed by atoms with Gasteiger partial charge in [-0.25, -0.2) is 0 Å². The third kappa shape index (κ3) is 5.75. The topological polar surface area (TPSA) is 96.7 Å². The zero-order valence-corrected chi connectivity index (χ0v) is 16.4. The molecule has 3 rings (SSSR count). The number of morpholine rings is 1. The van der Waals surface area contributed by atoms with E-state index in [2.05, 4.69) is 27.7 Å². The van der Waals surface area contributed by atoms with Crippen LogP contribution in [0, 0.1) is 10.1 Å². The lowest BCUT2D eigenvalue weighted by Crippen LogP contribution is -2.49. The predicted octanol–water partition coefficient (Wildman–Crippen LogP) is 2.58. The van der Waals surface area contributed by atoms with Crippen molar-refractivity contribution in [3.63, 3.8) is 0 Å². The van der Waals surface area contributed by atoms with E-state index >= 15 is 0 Å². The lowest BCUT2D eigenvalue weighted by atomic mass is 9.98. The molecule has 1 fully saturated rings. The summed E-state index contributed by atoms with van der Waals surface area (Å²) in [6.07, 6.45) is 0. The quantitative estimate of drug-likeness (QED) is 0.524. The summed E-state index contributed by atoms with van der Waals surface area (Å²) in [7, 11) is 0. The Balaban J connectivity index is 1.62. The number of carbonyl (C=O) groups excluding carboxylic acids is 1. The number of amides is 1. The molecule has 1 heterocycles. The Morgan fingerprint density at radius 1 is 1.17 bits per heavy atom. The highest BCUT2D eigenvalue weighted by Gasteiger charge is 2.28. The fourth-order valence-electron chi connectivity index (χ4n) is 3.62. The lowest BCUT2D eigenvalue weighted by Gasteiger charge is -2.38. The third-order valence-corrected chi connectivity index (χ3v) is 4.95. The molecule has 0 aliphatic carbocycles. The van der Waals surface area contributed by atoms with Crippen LogP contribution < -0.4 is 10.6 Å². The van der Waals surface area contributed by atoms with Crippen molar-refractivity contribution in [2.75, 3.05) is 38.2 Å². The second kappa shape index (κ2) is 9.99. The zero-order chi connectivity index (χ0) is 20.6. The summed E-state index contributed by atoms with van der Waals surface area (Å²) in [4.78, 5) is 25.3. The highest BCUT2D eigenvalue weighted by molar-refractivity contribution is 5.81. The van der Waals surface area contributed by atoms with Gasteiger partial charge in [-0.15, -0.1) is 0 Å². The minimum atomic E-state index is -0.458. The Morgan fingerprint density at radius 3 is 2.59 bits per heavy atom. The second-order valence-electron chi connectivity index (χ2n) is 7.02. The SMILES string of the molecule is C[C@H](NC(=O)CNc1cccc([N+](=O)[O-])c1)[C@H](c1ccccc1)N1CCOCC1. The summed E-state index contributed by atoms with van der Waals surface area (Å²) in [5.41, 5.74) is 1.67. The lowest BCUT2D eigenvalue weighted by molar-refractivity contribution is -0.384. The molecule has 0 unspecified atom stereocenters. The van der Waals surface area contributed by atoms with E-state index in [0.717, 1.165) is 18.7 Å². The Morgan fingerprint density at radius 2 is 1.90 bits per heavy atom. The van der Waals surface area contributed by atoms with Crippen LogP contribution in [-0.2, 0) is 9.53 Å². The predicted molar refractivity (Wildman–Crippen MR) is 111 cm³/mol. The smallest absolute Gasteiger partial charge is 0.271 e. The van der Waals surface area contributed by atoms with Gasteiger partial charge < -0.3 is 15.4 Å². The highest BCUT2D eigenvalue weighted by atomic mass is 16.6. The van der Waals surface area contributed by atoms with E-state index in [0.29, 0.717) is 18.9 Å². The molecule has 0 bridgehead atoms. The normalized spacial score (nSPS) is 16.6. The van der Waals surface area contributed by atoms with Gasteiger partial charge in [-0.2, -0.15) is 0 Å². The molecule has 154 valence electrons. The van der Waals surface area contributed by atoms with Crippen molar-refractivity contribution in [3.8, 4) is 0 Å². The van der Waals surface area contributed by atoms with Crippen LogP contribution in [-0.4, -0.2) is 54.6 Å². The van der Waals surface area contributed by atoms with Crippen molar-refractivity contribution in [2.45, 2.75) is 19.0 Å². The standard InChI is InChI=1S/C21H26N4O4/c1-16(21(17-6-3-2-4-7-17)24-10-12-29-13-11-24)23-20(26)15-22-18-8-5-9-19(14-18)25(27)28/h2-9,14,16,21-22H,10-13,15H2,1H3,(H,23,26)/t16-,21+/m0/s1. The van der Waals surface area contributed by atoms with Crippen molar-refractivity contribution in [1.29, 1.82) is 0 Å². The highest BCUT2D eigenvalue weighted by Crippen LogP contribution is 2.25. The van der Waals surface area contributed by atoms with E-state index in [1.165, 1.54) is 12.1 Å². The minimum absolute atomic E-state index is 0.0137. The molecule has 2 aromatic carbocycles. The number of carbonyl (C=O) groups is 1. The Kier molecular flexibility index (Phi) is 7.15. The minimum Gasteiger partial charge on any atom is -0.379 e. The maximum atomic E-state index is 12.5. The molecule has 0 radical (unpaired) electrons. The molecule has 1 aliphatic rings. The number of nitro benzene ring substituents is 1. The first-order valence-electron chi connectivity index (χ1n) is 9.69. The van der Waals surface area contributed by atoms with Crippen LogP contribution in [0.3, 0.4) is 0 Å². The van der Waals surface area contributed by atoms with Crippen LogP contribution in [0.15, 0.2) is 54.6 Å². The van der Waals surface area contributed by atoms with Crippen LogP contribution >= 0.6 is 0 Å². The third-order valence-electron chi connectivity index (χ3n) is 4.95. The van der Waals surface area contributed by atoms with Gasteiger partial charge in [0.15, 0.2) is 0 Å². The Bertz CT molecular complexity index is 824. The van der Waals surface area contributed by atoms with Gasteiger partial charge in [0, 0.05) is 37.0 Å². The number of nitrogens with zero attached hydrogens (tertiary/aromatic N) is 2. The van der Waals surface area contributed by atoms with Crippen molar-refractivity contribution in [3.05, 3.63) is 70.3 Å². The number of nitro groups is 1. The summed E-state index contributed by atoms with van der Waals surface area (Å²) in [5.74, 6) is -0.168. The average Bonchev–Trinajstić information content (AvgIpc) is 2.74. The molecule has 0 aromatic heterocycles. The van der Waals surface area contributed by atoms with Crippen LogP contribution in [0.2, 0.25) is 0 Å². The first-order chi connectivity index (χ1) is 14.0. The number of rotatable bonds is 8. The van der Waals surface area contributed by atoms with E-state index in [4.69, 9.17) is 4.74 Å².